The molecule has 1 heterocycles. The third kappa shape index (κ3) is 4.40. The highest BCUT2D eigenvalue weighted by Crippen LogP contribution is 2.39. The molecule has 5 nitrogen and oxygen atoms in total. The van der Waals surface area contributed by atoms with Gasteiger partial charge in [0.05, 0.1) is 25.7 Å². The molecule has 0 aliphatic heterocycles. The van der Waals surface area contributed by atoms with Crippen molar-refractivity contribution in [1.82, 2.24) is 0 Å². The van der Waals surface area contributed by atoms with E-state index in [0.717, 1.165) is 4.88 Å². The Morgan fingerprint density at radius 3 is 2.26 bits per heavy atom. The zero-order chi connectivity index (χ0) is 16.8. The van der Waals surface area contributed by atoms with Crippen LogP contribution in [0.15, 0.2) is 30.3 Å². The molecule has 0 aliphatic rings. The second-order valence-corrected chi connectivity index (χ2v) is 6.13. The second-order valence-electron chi connectivity index (χ2n) is 4.38. The molecule has 1 N–H and O–H groups in total. The smallest absolute Gasteiger partial charge is 0.248 e. The minimum Gasteiger partial charge on any atom is -0.493 e. The lowest BCUT2D eigenvalue weighted by Crippen LogP contribution is -2.08. The summed E-state index contributed by atoms with van der Waals surface area (Å²) in [6.45, 7) is 0. The Morgan fingerprint density at radius 1 is 1.13 bits per heavy atom. The van der Waals surface area contributed by atoms with Crippen molar-refractivity contribution < 1.29 is 19.0 Å². The molecule has 0 saturated heterocycles. The van der Waals surface area contributed by atoms with Gasteiger partial charge in [0.25, 0.3) is 0 Å². The van der Waals surface area contributed by atoms with Gasteiger partial charge in [-0.2, -0.15) is 0 Å². The lowest BCUT2D eigenvalue weighted by atomic mass is 10.2. The van der Waals surface area contributed by atoms with Crippen molar-refractivity contribution in [3.63, 3.8) is 0 Å². The molecule has 122 valence electrons. The Hall–Kier alpha value is -2.18. The SMILES string of the molecule is COc1cc(NC(=O)/C=C/c2ccc(Cl)s2)cc(OC)c1OC. The first-order valence-corrected chi connectivity index (χ1v) is 7.81. The van der Waals surface area contributed by atoms with E-state index in [9.17, 15) is 4.79 Å². The van der Waals surface area contributed by atoms with Crippen LogP contribution in [-0.4, -0.2) is 27.2 Å². The monoisotopic (exact) mass is 353 g/mol. The minimum atomic E-state index is -0.274. The van der Waals surface area contributed by atoms with E-state index in [0.29, 0.717) is 27.3 Å². The Balaban J connectivity index is 2.15. The summed E-state index contributed by atoms with van der Waals surface area (Å²) in [7, 11) is 4.56. The van der Waals surface area contributed by atoms with Crippen molar-refractivity contribution >= 4 is 40.6 Å². The van der Waals surface area contributed by atoms with Gasteiger partial charge in [-0.25, -0.2) is 0 Å². The molecule has 23 heavy (non-hydrogen) atoms. The maximum absolute atomic E-state index is 12.0. The average molecular weight is 354 g/mol. The van der Waals surface area contributed by atoms with Crippen LogP contribution in [0.2, 0.25) is 4.34 Å². The Bertz CT molecular complexity index is 702. The number of carbonyl (C=O) groups excluding carboxylic acids is 1. The molecule has 1 amide bonds. The van der Waals surface area contributed by atoms with Gasteiger partial charge < -0.3 is 19.5 Å². The number of rotatable bonds is 6. The van der Waals surface area contributed by atoms with E-state index in [1.54, 1.807) is 24.3 Å². The first kappa shape index (κ1) is 17.2. The van der Waals surface area contributed by atoms with E-state index in [-0.39, 0.29) is 5.91 Å². The lowest BCUT2D eigenvalue weighted by molar-refractivity contribution is -0.111. The lowest BCUT2D eigenvalue weighted by Gasteiger charge is -2.14. The molecule has 0 bridgehead atoms. The zero-order valence-corrected chi connectivity index (χ0v) is 14.5. The van der Waals surface area contributed by atoms with Crippen molar-refractivity contribution in [1.29, 1.82) is 0 Å². The van der Waals surface area contributed by atoms with Crippen LogP contribution in [0.1, 0.15) is 4.88 Å². The fourth-order valence-electron chi connectivity index (χ4n) is 1.91. The van der Waals surface area contributed by atoms with Gasteiger partial charge in [-0.1, -0.05) is 11.6 Å². The van der Waals surface area contributed by atoms with Crippen LogP contribution in [0.3, 0.4) is 0 Å². The third-order valence-electron chi connectivity index (χ3n) is 2.93. The van der Waals surface area contributed by atoms with Gasteiger partial charge >= 0.3 is 0 Å². The topological polar surface area (TPSA) is 56.8 Å². The largest absolute Gasteiger partial charge is 0.493 e. The van der Waals surface area contributed by atoms with Crippen molar-refractivity contribution in [2.75, 3.05) is 26.6 Å². The Morgan fingerprint density at radius 2 is 1.78 bits per heavy atom. The van der Waals surface area contributed by atoms with E-state index >= 15 is 0 Å². The van der Waals surface area contributed by atoms with Crippen LogP contribution in [0.25, 0.3) is 6.08 Å². The minimum absolute atomic E-state index is 0.274. The van der Waals surface area contributed by atoms with Crippen LogP contribution in [0.5, 0.6) is 17.2 Å². The number of thiophene rings is 1. The molecule has 7 heteroatoms. The number of hydrogen-bond donors (Lipinski definition) is 1. The number of ether oxygens (including phenoxy) is 3. The molecular formula is C16H16ClNO4S. The first-order chi connectivity index (χ1) is 11.1. The predicted octanol–water partition coefficient (Wildman–Crippen LogP) is 4.08. The van der Waals surface area contributed by atoms with E-state index in [1.807, 2.05) is 6.07 Å². The highest BCUT2D eigenvalue weighted by atomic mass is 35.5. The molecule has 0 spiro atoms. The fraction of sp³-hybridized carbons (Fsp3) is 0.188. The zero-order valence-electron chi connectivity index (χ0n) is 12.9. The molecule has 2 rings (SSSR count). The highest BCUT2D eigenvalue weighted by Gasteiger charge is 2.13. The van der Waals surface area contributed by atoms with Crippen LogP contribution in [-0.2, 0) is 4.79 Å². The summed E-state index contributed by atoms with van der Waals surface area (Å²) < 4.78 is 16.4. The number of halogens is 1. The quantitative estimate of drug-likeness (QED) is 0.795. The average Bonchev–Trinajstić information content (AvgIpc) is 2.97. The molecule has 0 saturated carbocycles. The molecule has 0 fully saturated rings. The first-order valence-electron chi connectivity index (χ1n) is 6.61. The summed E-state index contributed by atoms with van der Waals surface area (Å²) in [5, 5.41) is 2.75. The van der Waals surface area contributed by atoms with E-state index in [4.69, 9.17) is 25.8 Å². The summed E-state index contributed by atoms with van der Waals surface area (Å²) in [5.74, 6) is 1.13. The molecular weight excluding hydrogens is 338 g/mol. The maximum atomic E-state index is 12.0. The van der Waals surface area contributed by atoms with Gasteiger partial charge in [0.15, 0.2) is 11.5 Å². The number of nitrogens with one attached hydrogen (secondary N) is 1. The number of benzene rings is 1. The van der Waals surface area contributed by atoms with Gasteiger partial charge in [-0.15, -0.1) is 11.3 Å². The molecule has 2 aromatic rings. The fourth-order valence-corrected chi connectivity index (χ4v) is 2.88. The molecule has 1 aromatic carbocycles. The third-order valence-corrected chi connectivity index (χ3v) is 4.12. The molecule has 1 aromatic heterocycles. The number of carbonyl (C=O) groups is 1. The molecule has 0 unspecified atom stereocenters. The normalized spacial score (nSPS) is 10.6. The second kappa shape index (κ2) is 7.89. The van der Waals surface area contributed by atoms with Gasteiger partial charge in [0.1, 0.15) is 0 Å². The summed E-state index contributed by atoms with van der Waals surface area (Å²) in [6, 6.07) is 6.95. The van der Waals surface area contributed by atoms with Gasteiger partial charge in [0, 0.05) is 28.8 Å². The van der Waals surface area contributed by atoms with E-state index in [2.05, 4.69) is 5.32 Å². The van der Waals surface area contributed by atoms with Crippen LogP contribution in [0, 0.1) is 0 Å². The number of hydrogen-bond acceptors (Lipinski definition) is 5. The van der Waals surface area contributed by atoms with Crippen LogP contribution in [0.4, 0.5) is 5.69 Å². The summed E-state index contributed by atoms with van der Waals surface area (Å²) in [4.78, 5) is 12.9. The number of methoxy groups -OCH3 is 3. The van der Waals surface area contributed by atoms with Crippen LogP contribution < -0.4 is 19.5 Å². The number of amides is 1. The standard InChI is InChI=1S/C16H16ClNO4S/c1-20-12-8-10(9-13(21-2)16(12)22-3)18-15(19)7-5-11-4-6-14(17)23-11/h4-9H,1-3H3,(H,18,19)/b7-5+. The Kier molecular flexibility index (Phi) is 5.90. The predicted molar refractivity (Wildman–Crippen MR) is 93.1 cm³/mol. The molecule has 0 radical (unpaired) electrons. The van der Waals surface area contributed by atoms with E-state index < -0.39 is 0 Å². The van der Waals surface area contributed by atoms with Gasteiger partial charge in [-0.3, -0.25) is 4.79 Å². The summed E-state index contributed by atoms with van der Waals surface area (Å²) >= 11 is 7.24. The van der Waals surface area contributed by atoms with Crippen LogP contribution >= 0.6 is 22.9 Å². The number of anilines is 1. The highest BCUT2D eigenvalue weighted by molar-refractivity contribution is 7.17. The summed E-state index contributed by atoms with van der Waals surface area (Å²) in [5.41, 5.74) is 0.540. The van der Waals surface area contributed by atoms with Gasteiger partial charge in [0.2, 0.25) is 11.7 Å². The van der Waals surface area contributed by atoms with Crippen molar-refractivity contribution in [3.05, 3.63) is 39.6 Å². The van der Waals surface area contributed by atoms with E-state index in [1.165, 1.54) is 38.7 Å². The van der Waals surface area contributed by atoms with Gasteiger partial charge in [-0.05, 0) is 18.2 Å². The van der Waals surface area contributed by atoms with Crippen molar-refractivity contribution in [2.45, 2.75) is 0 Å². The maximum Gasteiger partial charge on any atom is 0.248 e. The van der Waals surface area contributed by atoms with Crippen molar-refractivity contribution in [2.24, 2.45) is 0 Å². The Labute approximate surface area is 143 Å². The summed E-state index contributed by atoms with van der Waals surface area (Å²) in [6.07, 6.45) is 3.13. The molecule has 0 atom stereocenters. The van der Waals surface area contributed by atoms with Crippen molar-refractivity contribution in [3.8, 4) is 17.2 Å². The molecule has 0 aliphatic carbocycles.